The minimum Gasteiger partial charge on any atom is -0.424 e. The molecule has 2 aromatic carbocycles. The number of rotatable bonds is 6. The molecule has 1 atom stereocenters. The lowest BCUT2D eigenvalue weighted by molar-refractivity contribution is -0.272. The summed E-state index contributed by atoms with van der Waals surface area (Å²) in [7, 11) is 0. The number of halogens is 3. The van der Waals surface area contributed by atoms with E-state index in [-0.39, 0.29) is 11.7 Å². The second-order valence-corrected chi connectivity index (χ2v) is 7.32. The van der Waals surface area contributed by atoms with Gasteiger partial charge in [0.05, 0.1) is 16.9 Å². The lowest BCUT2D eigenvalue weighted by Crippen LogP contribution is -2.34. The van der Waals surface area contributed by atoms with E-state index in [9.17, 15) is 18.0 Å². The molecule has 0 saturated carbocycles. The van der Waals surface area contributed by atoms with Gasteiger partial charge in [0.15, 0.2) is 0 Å². The molecule has 4 rings (SSSR count). The van der Waals surface area contributed by atoms with Crippen LogP contribution in [-0.4, -0.2) is 38.2 Å². The molecule has 2 aromatic heterocycles. The number of anilines is 2. The summed E-state index contributed by atoms with van der Waals surface area (Å²) < 4.78 is 48.6. The predicted octanol–water partition coefficient (Wildman–Crippen LogP) is 4.92. The minimum absolute atomic E-state index is 0.171. The van der Waals surface area contributed by atoms with Crippen LogP contribution in [0.2, 0.25) is 0 Å². The number of alkyl halides is 3. The molecule has 0 saturated heterocycles. The van der Waals surface area contributed by atoms with Gasteiger partial charge in [-0.15, -0.1) is 0 Å². The molecule has 0 aliphatic carbocycles. The van der Waals surface area contributed by atoms with Crippen molar-refractivity contribution in [1.82, 2.24) is 14.5 Å². The maximum Gasteiger partial charge on any atom is 0.452 e. The Balaban J connectivity index is 1.59. The van der Waals surface area contributed by atoms with Crippen LogP contribution in [0.4, 0.5) is 29.3 Å². The van der Waals surface area contributed by atoms with E-state index in [0.29, 0.717) is 23.5 Å². The molecule has 4 N–H and O–H groups in total. The lowest BCUT2D eigenvalue weighted by Gasteiger charge is -2.15. The van der Waals surface area contributed by atoms with Gasteiger partial charge in [-0.3, -0.25) is 5.32 Å². The second kappa shape index (κ2) is 9.50. The molecule has 4 aromatic rings. The number of benzene rings is 2. The number of nitrogens with one attached hydrogen (secondary N) is 1. The van der Waals surface area contributed by atoms with Gasteiger partial charge in [-0.25, -0.2) is 14.8 Å². The maximum absolute atomic E-state index is 12.3. The molecule has 0 aliphatic heterocycles. The van der Waals surface area contributed by atoms with Gasteiger partial charge in [0.2, 0.25) is 0 Å². The summed E-state index contributed by atoms with van der Waals surface area (Å²) in [6.07, 6.45) is -6.60. The number of aliphatic hydroxyl groups excluding tert-OH is 1. The first-order valence-electron chi connectivity index (χ1n) is 10.4. The number of nitrogens with zero attached hydrogens (tertiary/aromatic N) is 3. The third-order valence-corrected chi connectivity index (χ3v) is 5.05. The Bertz CT molecular complexity index is 1340. The molecular weight excluding hydrogens is 467 g/mol. The van der Waals surface area contributed by atoms with Crippen molar-refractivity contribution in [2.45, 2.75) is 25.9 Å². The van der Waals surface area contributed by atoms with E-state index in [1.54, 1.807) is 36.7 Å². The quantitative estimate of drug-likeness (QED) is 0.330. The Kier molecular flexibility index (Phi) is 6.47. The summed E-state index contributed by atoms with van der Waals surface area (Å²) >= 11 is 0. The van der Waals surface area contributed by atoms with Crippen molar-refractivity contribution < 1.29 is 32.5 Å². The highest BCUT2D eigenvalue weighted by atomic mass is 19.4. The van der Waals surface area contributed by atoms with Crippen LogP contribution in [0.1, 0.15) is 6.92 Å². The third-order valence-electron chi connectivity index (χ3n) is 5.05. The fraction of sp³-hybridized carbons (Fsp3) is 0.174. The van der Waals surface area contributed by atoms with Crippen molar-refractivity contribution in [2.24, 2.45) is 0 Å². The zero-order valence-corrected chi connectivity index (χ0v) is 18.3. The summed E-state index contributed by atoms with van der Waals surface area (Å²) in [6, 6.07) is 13.6. The minimum atomic E-state index is -5.08. The first kappa shape index (κ1) is 23.8. The molecule has 2 heterocycles. The van der Waals surface area contributed by atoms with Gasteiger partial charge in [-0.1, -0.05) is 12.1 Å². The van der Waals surface area contributed by atoms with Crippen LogP contribution in [0, 0.1) is 0 Å². The molecule has 0 radical (unpaired) electrons. The number of ether oxygens (including phenoxy) is 2. The molecule has 0 spiro atoms. The Morgan fingerprint density at radius 3 is 2.49 bits per heavy atom. The number of aromatic nitrogens is 3. The fourth-order valence-corrected chi connectivity index (χ4v) is 3.53. The Morgan fingerprint density at radius 1 is 1.17 bits per heavy atom. The van der Waals surface area contributed by atoms with Gasteiger partial charge < -0.3 is 24.9 Å². The summed E-state index contributed by atoms with van der Waals surface area (Å²) in [5, 5.41) is 11.8. The number of hydrogen-bond donors (Lipinski definition) is 3. The Hall–Kier alpha value is -4.32. The van der Waals surface area contributed by atoms with Crippen LogP contribution < -0.4 is 15.8 Å². The van der Waals surface area contributed by atoms with Gasteiger partial charge in [0.1, 0.15) is 5.75 Å². The summed E-state index contributed by atoms with van der Waals surface area (Å²) in [5.41, 5.74) is 9.40. The van der Waals surface area contributed by atoms with Crippen LogP contribution in [0.25, 0.3) is 22.2 Å². The topological polar surface area (TPSA) is 125 Å². The highest BCUT2D eigenvalue weighted by molar-refractivity contribution is 6.01. The number of amides is 1. The third kappa shape index (κ3) is 5.11. The van der Waals surface area contributed by atoms with E-state index in [0.717, 1.165) is 16.6 Å². The van der Waals surface area contributed by atoms with E-state index in [1.807, 2.05) is 23.6 Å². The summed E-state index contributed by atoms with van der Waals surface area (Å²) in [4.78, 5) is 19.7. The van der Waals surface area contributed by atoms with Crippen molar-refractivity contribution in [2.75, 3.05) is 11.1 Å². The normalized spacial score (nSPS) is 12.4. The Morgan fingerprint density at radius 2 is 1.86 bits per heavy atom. The molecular formula is C23H20F3N5O4. The number of carbonyl (C=O) groups excluding carboxylic acids is 1. The molecule has 0 bridgehead atoms. The molecule has 1 amide bonds. The largest absolute Gasteiger partial charge is 0.452 e. The van der Waals surface area contributed by atoms with E-state index < -0.39 is 18.6 Å². The monoisotopic (exact) mass is 487 g/mol. The van der Waals surface area contributed by atoms with Gasteiger partial charge in [0.25, 0.3) is 6.29 Å². The number of aliphatic hydroxyl groups is 1. The first-order valence-corrected chi connectivity index (χ1v) is 10.4. The van der Waals surface area contributed by atoms with Crippen molar-refractivity contribution >= 4 is 28.4 Å². The Labute approximate surface area is 196 Å². The van der Waals surface area contributed by atoms with Crippen molar-refractivity contribution in [3.63, 3.8) is 0 Å². The average Bonchev–Trinajstić information content (AvgIpc) is 3.10. The first-order chi connectivity index (χ1) is 16.7. The molecule has 0 aliphatic rings. The predicted molar refractivity (Wildman–Crippen MR) is 122 cm³/mol. The smallest absolute Gasteiger partial charge is 0.424 e. The zero-order chi connectivity index (χ0) is 25.2. The van der Waals surface area contributed by atoms with E-state index in [1.165, 1.54) is 12.1 Å². The highest BCUT2D eigenvalue weighted by Crippen LogP contribution is 2.38. The van der Waals surface area contributed by atoms with Gasteiger partial charge >= 0.3 is 18.3 Å². The molecule has 12 heteroatoms. The van der Waals surface area contributed by atoms with Crippen molar-refractivity contribution in [3.8, 4) is 23.0 Å². The van der Waals surface area contributed by atoms with Crippen LogP contribution in [0.15, 0.2) is 60.9 Å². The molecule has 0 fully saturated rings. The van der Waals surface area contributed by atoms with E-state index in [2.05, 4.69) is 20.0 Å². The van der Waals surface area contributed by atoms with Crippen molar-refractivity contribution in [3.05, 3.63) is 60.9 Å². The highest BCUT2D eigenvalue weighted by Gasteiger charge is 2.41. The average molecular weight is 487 g/mol. The SMILES string of the molecule is CCn1c(-c2ccc(NC(=O)O[C@H](O)C(F)(F)F)cc2)c(N)c2ccc(Oc3ncccn3)cc21. The van der Waals surface area contributed by atoms with Crippen molar-refractivity contribution in [1.29, 1.82) is 0 Å². The molecule has 182 valence electrons. The lowest BCUT2D eigenvalue weighted by atomic mass is 10.1. The summed E-state index contributed by atoms with van der Waals surface area (Å²) in [5.74, 6) is 0.529. The van der Waals surface area contributed by atoms with Crippen LogP contribution in [0.3, 0.4) is 0 Å². The zero-order valence-electron chi connectivity index (χ0n) is 18.3. The van der Waals surface area contributed by atoms with Crippen LogP contribution in [-0.2, 0) is 11.3 Å². The number of carbonyl (C=O) groups is 1. The number of nitrogen functional groups attached to an aromatic ring is 1. The van der Waals surface area contributed by atoms with E-state index in [4.69, 9.17) is 15.6 Å². The standard InChI is InChI=1S/C23H20F3N5O4/c1-2-31-17-12-15(34-21-28-10-3-11-29-21)8-9-16(17)18(27)19(31)13-4-6-14(7-5-13)30-22(33)35-20(32)23(24,25)26/h3-12,20,32H,2,27H2,1H3,(H,30,33)/t20-/m0/s1. The van der Waals surface area contributed by atoms with Gasteiger partial charge in [-0.2, -0.15) is 13.2 Å². The van der Waals surface area contributed by atoms with Crippen LogP contribution in [0.5, 0.6) is 11.8 Å². The second-order valence-electron chi connectivity index (χ2n) is 7.32. The summed E-state index contributed by atoms with van der Waals surface area (Å²) in [6.45, 7) is 2.53. The molecule has 35 heavy (non-hydrogen) atoms. The number of aryl methyl sites for hydroxylation is 1. The maximum atomic E-state index is 12.3. The molecule has 0 unspecified atom stereocenters. The van der Waals surface area contributed by atoms with Crippen LogP contribution >= 0.6 is 0 Å². The number of fused-ring (bicyclic) bond motifs is 1. The number of nitrogens with two attached hydrogens (primary N) is 1. The van der Waals surface area contributed by atoms with Gasteiger partial charge in [-0.05, 0) is 37.3 Å². The number of hydrogen-bond acceptors (Lipinski definition) is 7. The van der Waals surface area contributed by atoms with E-state index >= 15 is 0 Å². The van der Waals surface area contributed by atoms with Gasteiger partial charge in [0, 0.05) is 41.6 Å². The molecule has 9 nitrogen and oxygen atoms in total. The fourth-order valence-electron chi connectivity index (χ4n) is 3.53.